The molecule has 15 heteroatoms. The minimum atomic E-state index is -2.02. The van der Waals surface area contributed by atoms with E-state index in [1.807, 2.05) is 13.8 Å². The molecule has 2 aromatic carbocycles. The fraction of sp³-hybridized carbons (Fsp3) is 0.556. The number of ether oxygens (including phenoxy) is 5. The number of hydrogen-bond acceptors (Lipinski definition) is 13. The van der Waals surface area contributed by atoms with Crippen molar-refractivity contribution in [2.24, 2.45) is 23.7 Å². The third-order valence-corrected chi connectivity index (χ3v) is 11.5. The van der Waals surface area contributed by atoms with Crippen LogP contribution in [0.3, 0.4) is 0 Å². The lowest BCUT2D eigenvalue weighted by Crippen LogP contribution is -2.46. The van der Waals surface area contributed by atoms with Crippen molar-refractivity contribution in [3.05, 3.63) is 53.3 Å². The molecular weight excluding hydrogens is 776 g/mol. The highest BCUT2D eigenvalue weighted by Crippen LogP contribution is 2.54. The number of nitrogens with zero attached hydrogens (tertiary/aromatic N) is 1. The van der Waals surface area contributed by atoms with E-state index in [4.69, 9.17) is 23.7 Å². The number of carbonyl (C=O) groups is 4. The zero-order valence-corrected chi connectivity index (χ0v) is 36.5. The van der Waals surface area contributed by atoms with Crippen LogP contribution in [-0.4, -0.2) is 106 Å². The van der Waals surface area contributed by atoms with E-state index in [2.05, 4.69) is 5.32 Å². The first-order valence-electron chi connectivity index (χ1n) is 20.5. The van der Waals surface area contributed by atoms with Crippen molar-refractivity contribution in [2.75, 3.05) is 32.1 Å². The van der Waals surface area contributed by atoms with Gasteiger partial charge in [-0.05, 0) is 32.8 Å². The molecule has 0 fully saturated rings. The van der Waals surface area contributed by atoms with E-state index < -0.39 is 89.6 Å². The first kappa shape index (κ1) is 47.6. The van der Waals surface area contributed by atoms with Crippen molar-refractivity contribution in [2.45, 2.75) is 112 Å². The van der Waals surface area contributed by atoms with Gasteiger partial charge >= 0.3 is 11.8 Å². The summed E-state index contributed by atoms with van der Waals surface area (Å²) < 4.78 is 29.8. The van der Waals surface area contributed by atoms with Crippen LogP contribution in [0.4, 0.5) is 5.69 Å². The van der Waals surface area contributed by atoms with Crippen LogP contribution in [0.1, 0.15) is 91.1 Å². The van der Waals surface area contributed by atoms with E-state index >= 15 is 0 Å². The number of amides is 2. The number of nitrogens with one attached hydrogen (secondary N) is 1. The molecule has 3 aliphatic heterocycles. The molecule has 5 rings (SSSR count). The zero-order valence-electron chi connectivity index (χ0n) is 36.5. The van der Waals surface area contributed by atoms with Crippen LogP contribution in [0.2, 0.25) is 0 Å². The van der Waals surface area contributed by atoms with Gasteiger partial charge in [0.05, 0.1) is 41.2 Å². The number of Topliss-reactive ketones (excluding diaryl/α,β-unsaturated/α-hetero) is 1. The van der Waals surface area contributed by atoms with E-state index in [0.29, 0.717) is 25.9 Å². The first-order valence-corrected chi connectivity index (χ1v) is 20.5. The Morgan fingerprint density at radius 1 is 0.933 bits per heavy atom. The molecule has 9 atom stereocenters. The highest BCUT2D eigenvalue weighted by molar-refractivity contribution is 6.21. The number of hydrogen-bond donors (Lipinski definition) is 5. The lowest BCUT2D eigenvalue weighted by Gasteiger charge is -2.38. The summed E-state index contributed by atoms with van der Waals surface area (Å²) in [5.41, 5.74) is 0.00940. The number of aliphatic hydroxyl groups excluding tert-OH is 2. The minimum absolute atomic E-state index is 0.0529. The average Bonchev–Trinajstić information content (AvgIpc) is 3.47. The van der Waals surface area contributed by atoms with E-state index in [-0.39, 0.29) is 50.6 Å². The maximum Gasteiger partial charge on any atom is 0.312 e. The molecule has 2 aromatic rings. The Morgan fingerprint density at radius 2 is 1.58 bits per heavy atom. The van der Waals surface area contributed by atoms with E-state index in [0.717, 1.165) is 0 Å². The maximum atomic E-state index is 14.5. The van der Waals surface area contributed by atoms with Crippen LogP contribution in [-0.2, 0) is 28.6 Å². The number of carbonyl (C=O) groups excluding carboxylic acids is 4. The van der Waals surface area contributed by atoms with Gasteiger partial charge < -0.3 is 54.3 Å². The fourth-order valence-electron chi connectivity index (χ4n) is 7.88. The Balaban J connectivity index is 1.94. The summed E-state index contributed by atoms with van der Waals surface area (Å²) in [5.74, 6) is -7.95. The smallest absolute Gasteiger partial charge is 0.312 e. The van der Waals surface area contributed by atoms with Gasteiger partial charge in [0.25, 0.3) is 17.6 Å². The molecule has 0 saturated carbocycles. The first-order chi connectivity index (χ1) is 28.2. The van der Waals surface area contributed by atoms with Gasteiger partial charge in [0.2, 0.25) is 0 Å². The number of rotatable bonds is 9. The predicted molar refractivity (Wildman–Crippen MR) is 225 cm³/mol. The Bertz CT molecular complexity index is 2020. The molecule has 0 saturated heterocycles. The van der Waals surface area contributed by atoms with Crippen LogP contribution >= 0.6 is 0 Å². The molecule has 15 nitrogen and oxygen atoms in total. The summed E-state index contributed by atoms with van der Waals surface area (Å²) in [5, 5.41) is 48.6. The molecule has 5 bridgehead atoms. The molecule has 60 heavy (non-hydrogen) atoms. The quantitative estimate of drug-likeness (QED) is 0.144. The second kappa shape index (κ2) is 20.0. The van der Waals surface area contributed by atoms with Crippen molar-refractivity contribution >= 4 is 40.0 Å². The summed E-state index contributed by atoms with van der Waals surface area (Å²) in [4.78, 5) is 55.5. The monoisotopic (exact) mass is 838 g/mol. The Labute approximate surface area is 352 Å². The highest BCUT2D eigenvalue weighted by Gasteiger charge is 2.49. The van der Waals surface area contributed by atoms with Gasteiger partial charge in [-0.25, -0.2) is 0 Å². The third kappa shape index (κ3) is 9.90. The second-order valence-electron chi connectivity index (χ2n) is 16.1. The van der Waals surface area contributed by atoms with Crippen LogP contribution in [0.5, 0.6) is 23.0 Å². The van der Waals surface area contributed by atoms with Crippen LogP contribution in [0.25, 0.3) is 10.8 Å². The summed E-state index contributed by atoms with van der Waals surface area (Å²) in [6.45, 7) is 17.0. The molecule has 0 aromatic heterocycles. The minimum Gasteiger partial charge on any atom is -0.507 e. The van der Waals surface area contributed by atoms with Gasteiger partial charge in [0, 0.05) is 80.3 Å². The van der Waals surface area contributed by atoms with Crippen molar-refractivity contribution in [1.29, 1.82) is 0 Å². The Hall–Kier alpha value is -5.12. The molecule has 3 heterocycles. The fourth-order valence-corrected chi connectivity index (χ4v) is 7.88. The molecule has 0 aliphatic carbocycles. The molecule has 3 aliphatic rings. The number of anilines is 1. The van der Waals surface area contributed by atoms with Gasteiger partial charge in [-0.15, -0.1) is 0 Å². The van der Waals surface area contributed by atoms with Crippen molar-refractivity contribution < 1.29 is 63.3 Å². The standard InChI is InChI=1S/C45H62N2O13/c1-12-18-47(19-13-2)33(49)22-57-32-21-30-40(53)35-34(32)36-42(28(8)39(35)52)60-45(10,43(36)54)58-20-17-31(56-11)25(5)41(59-29(9)48)27(7)38(51)26(6)37(50)23(3)15-14-16-24(4)44(55)46-30/h14-17,20-21,23,25-27,31,37-38,41,50-53H,12-13,18-19,22H2,1-11H3,(H,46,55)/b15-14+,20-17+,24-16-. The number of methoxy groups -OCH3 is 1. The number of aliphatic hydroxyl groups is 2. The molecule has 330 valence electrons. The summed E-state index contributed by atoms with van der Waals surface area (Å²) in [7, 11) is 1.44. The van der Waals surface area contributed by atoms with Gasteiger partial charge in [-0.2, -0.15) is 0 Å². The highest BCUT2D eigenvalue weighted by atomic mass is 16.7. The van der Waals surface area contributed by atoms with Gasteiger partial charge in [-0.1, -0.05) is 59.8 Å². The van der Waals surface area contributed by atoms with E-state index in [9.17, 15) is 39.6 Å². The largest absolute Gasteiger partial charge is 0.507 e. The summed E-state index contributed by atoms with van der Waals surface area (Å²) >= 11 is 0. The number of esters is 1. The van der Waals surface area contributed by atoms with Crippen molar-refractivity contribution in [1.82, 2.24) is 4.90 Å². The third-order valence-electron chi connectivity index (χ3n) is 11.5. The Morgan fingerprint density at radius 3 is 2.18 bits per heavy atom. The SMILES string of the molecule is CCCN(CCC)C(=O)COc1cc2c(O)c3c(O)c(C)c4c(c13)C(=O)C(C)(O/C=C/C(OC)C(C)C(OC(C)=O)C(C)C(O)C(C)C(O)C(C)/C=C/C=C(/C)C(=O)N2)O4. The summed E-state index contributed by atoms with van der Waals surface area (Å²) in [6, 6.07) is 1.28. The summed E-state index contributed by atoms with van der Waals surface area (Å²) in [6.07, 6.45) is 5.04. The lowest BCUT2D eigenvalue weighted by atomic mass is 9.78. The van der Waals surface area contributed by atoms with E-state index in [1.165, 1.54) is 59.3 Å². The number of allylic oxidation sites excluding steroid dienone is 2. The normalized spacial score (nSPS) is 29.5. The number of phenolic OH excluding ortho intramolecular Hbond substituents is 2. The molecule has 9 unspecified atom stereocenters. The number of benzene rings is 2. The zero-order chi connectivity index (χ0) is 44.8. The van der Waals surface area contributed by atoms with Crippen LogP contribution < -0.4 is 14.8 Å². The van der Waals surface area contributed by atoms with Crippen molar-refractivity contribution in [3.63, 3.8) is 0 Å². The number of phenols is 2. The molecule has 0 spiro atoms. The second-order valence-corrected chi connectivity index (χ2v) is 16.1. The lowest BCUT2D eigenvalue weighted by molar-refractivity contribution is -0.160. The van der Waals surface area contributed by atoms with Gasteiger partial charge in [-0.3, -0.25) is 19.2 Å². The number of aromatic hydroxyl groups is 2. The molecule has 5 N–H and O–H groups in total. The predicted octanol–water partition coefficient (Wildman–Crippen LogP) is 6.08. The van der Waals surface area contributed by atoms with Crippen molar-refractivity contribution in [3.8, 4) is 23.0 Å². The van der Waals surface area contributed by atoms with E-state index in [1.54, 1.807) is 44.7 Å². The Kier molecular flexibility index (Phi) is 15.8. The van der Waals surface area contributed by atoms with Gasteiger partial charge in [0.1, 0.15) is 23.4 Å². The van der Waals surface area contributed by atoms with Gasteiger partial charge in [0.15, 0.2) is 12.4 Å². The molecular formula is C45H62N2O13. The molecule has 0 radical (unpaired) electrons. The number of ketones is 1. The maximum absolute atomic E-state index is 14.5. The number of fused-ring (bicyclic) bond motifs is 14. The molecule has 2 amide bonds. The topological polar surface area (TPSA) is 211 Å². The van der Waals surface area contributed by atoms with Crippen LogP contribution in [0, 0.1) is 30.6 Å². The van der Waals surface area contributed by atoms with Crippen LogP contribution in [0.15, 0.2) is 42.2 Å². The average molecular weight is 839 g/mol.